The average Bonchev–Trinajstić information content (AvgIpc) is 2.55. The van der Waals surface area contributed by atoms with Crippen molar-refractivity contribution in [3.8, 4) is 5.75 Å². The summed E-state index contributed by atoms with van der Waals surface area (Å²) in [5.41, 5.74) is 3.62. The Labute approximate surface area is 153 Å². The molecule has 2 rings (SSSR count). The Morgan fingerprint density at radius 3 is 2.46 bits per heavy atom. The van der Waals surface area contributed by atoms with Gasteiger partial charge < -0.3 is 9.84 Å². The lowest BCUT2D eigenvalue weighted by Gasteiger charge is -2.34. The minimum atomic E-state index is -0.433. The van der Waals surface area contributed by atoms with Gasteiger partial charge in [-0.15, -0.1) is 12.4 Å². The molecule has 0 heterocycles. The maximum Gasteiger partial charge on any atom is 0.122 e. The highest BCUT2D eigenvalue weighted by atomic mass is 35.5. The third kappa shape index (κ3) is 5.94. The largest absolute Gasteiger partial charge is 0.491 e. The van der Waals surface area contributed by atoms with Gasteiger partial charge in [0.15, 0.2) is 0 Å². The number of benzene rings is 1. The van der Waals surface area contributed by atoms with Crippen LogP contribution < -0.4 is 4.74 Å². The molecule has 0 aromatic heterocycles. The summed E-state index contributed by atoms with van der Waals surface area (Å²) in [5.74, 6) is 0.905. The summed E-state index contributed by atoms with van der Waals surface area (Å²) in [6, 6.07) is 4.88. The first-order valence-corrected chi connectivity index (χ1v) is 9.14. The van der Waals surface area contributed by atoms with Crippen LogP contribution in [-0.2, 0) is 0 Å². The zero-order chi connectivity index (χ0) is 16.8. The molecule has 0 spiro atoms. The predicted octanol–water partition coefficient (Wildman–Crippen LogP) is 4.43. The van der Waals surface area contributed by atoms with Gasteiger partial charge in [0, 0.05) is 12.6 Å². The van der Waals surface area contributed by atoms with E-state index in [-0.39, 0.29) is 12.4 Å². The maximum atomic E-state index is 10.4. The Balaban J connectivity index is 0.00000288. The number of ether oxygens (including phenoxy) is 1. The van der Waals surface area contributed by atoms with Gasteiger partial charge in [-0.1, -0.05) is 32.3 Å². The van der Waals surface area contributed by atoms with Crippen LogP contribution in [0.1, 0.15) is 55.7 Å². The van der Waals surface area contributed by atoms with Crippen LogP contribution in [0.2, 0.25) is 0 Å². The first kappa shape index (κ1) is 21.3. The van der Waals surface area contributed by atoms with E-state index < -0.39 is 6.10 Å². The summed E-state index contributed by atoms with van der Waals surface area (Å²) in [6.07, 6.45) is 6.14. The number of halogens is 1. The van der Waals surface area contributed by atoms with E-state index in [9.17, 15) is 5.11 Å². The average molecular weight is 356 g/mol. The molecule has 138 valence electrons. The Morgan fingerprint density at radius 2 is 1.83 bits per heavy atom. The molecule has 1 aromatic rings. The van der Waals surface area contributed by atoms with Gasteiger partial charge in [0.1, 0.15) is 18.5 Å². The molecule has 0 radical (unpaired) electrons. The summed E-state index contributed by atoms with van der Waals surface area (Å²) >= 11 is 0. The van der Waals surface area contributed by atoms with Crippen LogP contribution in [0.5, 0.6) is 5.75 Å². The Morgan fingerprint density at radius 1 is 1.17 bits per heavy atom. The molecule has 1 aromatic carbocycles. The van der Waals surface area contributed by atoms with Crippen molar-refractivity contribution in [1.82, 2.24) is 4.90 Å². The molecule has 1 unspecified atom stereocenters. The third-order valence-electron chi connectivity index (χ3n) is 5.14. The van der Waals surface area contributed by atoms with Crippen LogP contribution in [0.25, 0.3) is 0 Å². The van der Waals surface area contributed by atoms with Gasteiger partial charge in [0.05, 0.1) is 0 Å². The van der Waals surface area contributed by atoms with Crippen molar-refractivity contribution in [2.24, 2.45) is 0 Å². The second kappa shape index (κ2) is 10.3. The maximum absolute atomic E-state index is 10.4. The molecule has 0 saturated heterocycles. The van der Waals surface area contributed by atoms with Crippen molar-refractivity contribution >= 4 is 12.4 Å². The molecule has 0 aliphatic heterocycles. The highest BCUT2D eigenvalue weighted by Gasteiger charge is 2.22. The van der Waals surface area contributed by atoms with Crippen LogP contribution in [0.3, 0.4) is 0 Å². The van der Waals surface area contributed by atoms with E-state index in [0.717, 1.165) is 12.3 Å². The first-order valence-electron chi connectivity index (χ1n) is 9.14. The lowest BCUT2D eigenvalue weighted by atomic mass is 9.94. The van der Waals surface area contributed by atoms with Crippen molar-refractivity contribution < 1.29 is 9.84 Å². The van der Waals surface area contributed by atoms with E-state index in [1.165, 1.54) is 48.8 Å². The van der Waals surface area contributed by atoms with E-state index in [4.69, 9.17) is 4.74 Å². The summed E-state index contributed by atoms with van der Waals surface area (Å²) in [4.78, 5) is 2.43. The van der Waals surface area contributed by atoms with Gasteiger partial charge in [-0.3, -0.25) is 4.90 Å². The highest BCUT2D eigenvalue weighted by Crippen LogP contribution is 2.24. The van der Waals surface area contributed by atoms with Crippen LogP contribution in [0.15, 0.2) is 12.1 Å². The van der Waals surface area contributed by atoms with E-state index in [2.05, 4.69) is 44.7 Å². The predicted molar refractivity (Wildman–Crippen MR) is 104 cm³/mol. The molecule has 1 aliphatic rings. The van der Waals surface area contributed by atoms with Crippen LogP contribution in [0.4, 0.5) is 0 Å². The Hall–Kier alpha value is -0.770. The van der Waals surface area contributed by atoms with Crippen molar-refractivity contribution in [3.05, 3.63) is 28.8 Å². The van der Waals surface area contributed by atoms with Crippen LogP contribution in [-0.4, -0.2) is 41.8 Å². The minimum Gasteiger partial charge on any atom is -0.491 e. The minimum absolute atomic E-state index is 0. The fraction of sp³-hybridized carbons (Fsp3) is 0.700. The Kier molecular flexibility index (Phi) is 9.11. The van der Waals surface area contributed by atoms with Crippen molar-refractivity contribution in [3.63, 3.8) is 0 Å². The molecule has 1 N–H and O–H groups in total. The molecule has 1 atom stereocenters. The van der Waals surface area contributed by atoms with Gasteiger partial charge in [0.25, 0.3) is 0 Å². The van der Waals surface area contributed by atoms with Gasteiger partial charge in [-0.25, -0.2) is 0 Å². The van der Waals surface area contributed by atoms with Crippen LogP contribution >= 0.6 is 12.4 Å². The molecular formula is C20H34ClNO2. The quantitative estimate of drug-likeness (QED) is 0.785. The highest BCUT2D eigenvalue weighted by molar-refractivity contribution is 5.85. The SMILES string of the molecule is CCN(CC(O)COc1cc(C)cc(C)c1C)C1CCCCC1.Cl. The molecule has 1 fully saturated rings. The van der Waals surface area contributed by atoms with E-state index in [0.29, 0.717) is 19.2 Å². The lowest BCUT2D eigenvalue weighted by Crippen LogP contribution is -2.43. The van der Waals surface area contributed by atoms with Crippen molar-refractivity contribution in [2.75, 3.05) is 19.7 Å². The molecule has 3 nitrogen and oxygen atoms in total. The molecule has 24 heavy (non-hydrogen) atoms. The summed E-state index contributed by atoms with van der Waals surface area (Å²) in [5, 5.41) is 10.4. The Bertz CT molecular complexity index is 501. The number of aryl methyl sites for hydroxylation is 2. The summed E-state index contributed by atoms with van der Waals surface area (Å²) in [7, 11) is 0. The van der Waals surface area contributed by atoms with Crippen molar-refractivity contribution in [1.29, 1.82) is 0 Å². The van der Waals surface area contributed by atoms with E-state index in [1.54, 1.807) is 0 Å². The fourth-order valence-corrected chi connectivity index (χ4v) is 3.64. The molecular weight excluding hydrogens is 322 g/mol. The van der Waals surface area contributed by atoms with Crippen LogP contribution in [0, 0.1) is 20.8 Å². The molecule has 1 aliphatic carbocycles. The normalized spacial score (nSPS) is 16.8. The molecule has 0 bridgehead atoms. The van der Waals surface area contributed by atoms with Gasteiger partial charge in [-0.2, -0.15) is 0 Å². The number of rotatable bonds is 7. The second-order valence-electron chi connectivity index (χ2n) is 7.05. The monoisotopic (exact) mass is 355 g/mol. The van der Waals surface area contributed by atoms with Crippen molar-refractivity contribution in [2.45, 2.75) is 71.9 Å². The van der Waals surface area contributed by atoms with E-state index >= 15 is 0 Å². The number of aliphatic hydroxyl groups is 1. The molecule has 1 saturated carbocycles. The fourth-order valence-electron chi connectivity index (χ4n) is 3.64. The van der Waals surface area contributed by atoms with Gasteiger partial charge in [0.2, 0.25) is 0 Å². The summed E-state index contributed by atoms with van der Waals surface area (Å²) < 4.78 is 5.92. The third-order valence-corrected chi connectivity index (χ3v) is 5.14. The standard InChI is InChI=1S/C20H33NO2.ClH/c1-5-21(18-9-7-6-8-10-18)13-19(22)14-23-20-12-15(2)11-16(3)17(20)4;/h11-12,18-19,22H,5-10,13-14H2,1-4H3;1H. The number of likely N-dealkylation sites (N-methyl/N-ethyl adjacent to an activating group) is 1. The topological polar surface area (TPSA) is 32.7 Å². The molecule has 4 heteroatoms. The summed E-state index contributed by atoms with van der Waals surface area (Å²) in [6.45, 7) is 10.5. The lowest BCUT2D eigenvalue weighted by molar-refractivity contribution is 0.0461. The smallest absolute Gasteiger partial charge is 0.122 e. The number of aliphatic hydroxyl groups excluding tert-OH is 1. The number of hydrogen-bond acceptors (Lipinski definition) is 3. The second-order valence-corrected chi connectivity index (χ2v) is 7.05. The van der Waals surface area contributed by atoms with Gasteiger partial charge in [-0.05, 0) is 62.9 Å². The number of nitrogens with zero attached hydrogens (tertiary/aromatic N) is 1. The van der Waals surface area contributed by atoms with Gasteiger partial charge >= 0.3 is 0 Å². The zero-order valence-electron chi connectivity index (χ0n) is 15.7. The molecule has 0 amide bonds. The van der Waals surface area contributed by atoms with E-state index in [1.807, 2.05) is 0 Å². The first-order chi connectivity index (χ1) is 11.0. The zero-order valence-corrected chi connectivity index (χ0v) is 16.5. The number of hydrogen-bond donors (Lipinski definition) is 1.